The van der Waals surface area contributed by atoms with Crippen molar-refractivity contribution in [1.29, 1.82) is 0 Å². The molecule has 0 saturated heterocycles. The molecule has 2 aromatic carbocycles. The molecule has 0 aromatic heterocycles. The van der Waals surface area contributed by atoms with E-state index in [4.69, 9.17) is 18.9 Å². The molecular formula is C37H52O8. The van der Waals surface area contributed by atoms with E-state index in [1.807, 2.05) is 0 Å². The van der Waals surface area contributed by atoms with Gasteiger partial charge in [0.05, 0.1) is 48.7 Å². The summed E-state index contributed by atoms with van der Waals surface area (Å²) in [6.45, 7) is 12.7. The van der Waals surface area contributed by atoms with E-state index in [2.05, 4.69) is 27.7 Å². The second kappa shape index (κ2) is 19.7. The van der Waals surface area contributed by atoms with Gasteiger partial charge in [0.2, 0.25) is 0 Å². The first-order valence-corrected chi connectivity index (χ1v) is 16.3. The molecule has 2 aromatic rings. The van der Waals surface area contributed by atoms with Crippen LogP contribution in [0.3, 0.4) is 0 Å². The topological polar surface area (TPSA) is 105 Å². The van der Waals surface area contributed by atoms with Crippen molar-refractivity contribution in [3.8, 4) is 0 Å². The zero-order chi connectivity index (χ0) is 33.2. The first-order valence-electron chi connectivity index (χ1n) is 16.3. The molecule has 0 aliphatic rings. The minimum atomic E-state index is -0.748. The highest BCUT2D eigenvalue weighted by Gasteiger charge is 2.27. The van der Waals surface area contributed by atoms with E-state index in [-0.39, 0.29) is 48.7 Å². The molecule has 0 atom stereocenters. The Balaban J connectivity index is 1.87. The third kappa shape index (κ3) is 14.3. The van der Waals surface area contributed by atoms with Crippen LogP contribution in [0, 0.1) is 17.3 Å². The van der Waals surface area contributed by atoms with Crippen molar-refractivity contribution < 1.29 is 38.1 Å². The van der Waals surface area contributed by atoms with Crippen LogP contribution >= 0.6 is 0 Å². The van der Waals surface area contributed by atoms with E-state index >= 15 is 0 Å². The summed E-state index contributed by atoms with van der Waals surface area (Å²) in [5.74, 6) is -1.18. The summed E-state index contributed by atoms with van der Waals surface area (Å²) in [6.07, 6.45) is 7.93. The van der Waals surface area contributed by atoms with Crippen molar-refractivity contribution in [2.75, 3.05) is 26.4 Å². The summed E-state index contributed by atoms with van der Waals surface area (Å²) >= 11 is 0. The number of unbranched alkanes of at least 4 members (excludes halogenated alkanes) is 4. The van der Waals surface area contributed by atoms with Crippen LogP contribution in [-0.4, -0.2) is 50.3 Å². The Kier molecular flexibility index (Phi) is 16.4. The number of carbonyl (C=O) groups excluding carboxylic acids is 4. The monoisotopic (exact) mass is 624 g/mol. The first-order chi connectivity index (χ1) is 21.4. The SMILES string of the molecule is CC(C)CCCCCOC(=O)c1ccccc1C(=O)OCC(C)(C)COC(=O)c1ccccc1C(=O)OCCCCCC(C)C. The summed E-state index contributed by atoms with van der Waals surface area (Å²) in [5.41, 5.74) is -0.229. The highest BCUT2D eigenvalue weighted by Crippen LogP contribution is 2.21. The molecule has 0 fully saturated rings. The number of esters is 4. The molecule has 0 N–H and O–H groups in total. The van der Waals surface area contributed by atoms with Crippen LogP contribution in [0.1, 0.15) is 134 Å². The van der Waals surface area contributed by atoms with Crippen LogP contribution in [0.4, 0.5) is 0 Å². The second-order valence-electron chi connectivity index (χ2n) is 13.2. The van der Waals surface area contributed by atoms with Crippen LogP contribution in [0.15, 0.2) is 48.5 Å². The Morgan fingerprint density at radius 2 is 0.822 bits per heavy atom. The Hall–Kier alpha value is -3.68. The van der Waals surface area contributed by atoms with E-state index in [1.54, 1.807) is 50.2 Å². The molecule has 0 unspecified atom stereocenters. The molecule has 0 spiro atoms. The van der Waals surface area contributed by atoms with Crippen LogP contribution in [0.5, 0.6) is 0 Å². The van der Waals surface area contributed by atoms with E-state index in [1.165, 1.54) is 12.1 Å². The van der Waals surface area contributed by atoms with Crippen molar-refractivity contribution in [3.63, 3.8) is 0 Å². The van der Waals surface area contributed by atoms with Crippen molar-refractivity contribution in [2.45, 2.75) is 92.9 Å². The van der Waals surface area contributed by atoms with Crippen LogP contribution < -0.4 is 0 Å². The summed E-state index contributed by atoms with van der Waals surface area (Å²) in [7, 11) is 0. The van der Waals surface area contributed by atoms with Gasteiger partial charge in [0.15, 0.2) is 0 Å². The normalized spacial score (nSPS) is 11.4. The highest BCUT2D eigenvalue weighted by atomic mass is 16.6. The summed E-state index contributed by atoms with van der Waals surface area (Å²) in [5, 5.41) is 0. The zero-order valence-corrected chi connectivity index (χ0v) is 28.0. The van der Waals surface area contributed by atoms with E-state index in [0.29, 0.717) is 11.8 Å². The van der Waals surface area contributed by atoms with Crippen LogP contribution in [-0.2, 0) is 18.9 Å². The largest absolute Gasteiger partial charge is 0.462 e. The van der Waals surface area contributed by atoms with E-state index < -0.39 is 29.3 Å². The maximum Gasteiger partial charge on any atom is 0.339 e. The van der Waals surface area contributed by atoms with Crippen molar-refractivity contribution in [2.24, 2.45) is 17.3 Å². The van der Waals surface area contributed by atoms with Gasteiger partial charge in [0, 0.05) is 5.41 Å². The van der Waals surface area contributed by atoms with E-state index in [9.17, 15) is 19.2 Å². The molecular weight excluding hydrogens is 572 g/mol. The Morgan fingerprint density at radius 3 is 1.13 bits per heavy atom. The van der Waals surface area contributed by atoms with Gasteiger partial charge in [-0.2, -0.15) is 0 Å². The van der Waals surface area contributed by atoms with E-state index in [0.717, 1.165) is 51.4 Å². The van der Waals surface area contributed by atoms with Gasteiger partial charge in [0.25, 0.3) is 0 Å². The fourth-order valence-electron chi connectivity index (χ4n) is 4.55. The Morgan fingerprint density at radius 1 is 0.511 bits per heavy atom. The van der Waals surface area contributed by atoms with Gasteiger partial charge < -0.3 is 18.9 Å². The quantitative estimate of drug-likeness (QED) is 0.0821. The van der Waals surface area contributed by atoms with Crippen LogP contribution in [0.25, 0.3) is 0 Å². The number of hydrogen-bond donors (Lipinski definition) is 0. The van der Waals surface area contributed by atoms with Gasteiger partial charge in [-0.1, -0.05) is 104 Å². The zero-order valence-electron chi connectivity index (χ0n) is 28.0. The summed E-state index contributed by atoms with van der Waals surface area (Å²) in [6, 6.07) is 12.8. The Labute approximate surface area is 269 Å². The molecule has 0 aliphatic heterocycles. The molecule has 248 valence electrons. The molecule has 0 radical (unpaired) electrons. The number of carbonyl (C=O) groups is 4. The number of hydrogen-bond acceptors (Lipinski definition) is 8. The fourth-order valence-corrected chi connectivity index (χ4v) is 4.55. The molecule has 0 saturated carbocycles. The van der Waals surface area contributed by atoms with Crippen LogP contribution in [0.2, 0.25) is 0 Å². The standard InChI is InChI=1S/C37H52O8/c1-27(2)17-9-7-15-23-42-33(38)29-19-11-13-21-31(29)35(40)44-25-37(5,6)26-45-36(41)32-22-14-12-20-30(32)34(39)43-24-16-8-10-18-28(3)4/h11-14,19-22,27-28H,7-10,15-18,23-26H2,1-6H3. The van der Waals surface area contributed by atoms with Crippen molar-refractivity contribution >= 4 is 23.9 Å². The summed E-state index contributed by atoms with van der Waals surface area (Å²) < 4.78 is 21.9. The number of benzene rings is 2. The molecule has 0 amide bonds. The fraction of sp³-hybridized carbons (Fsp3) is 0.568. The number of rotatable bonds is 20. The lowest BCUT2D eigenvalue weighted by Gasteiger charge is -2.24. The van der Waals surface area contributed by atoms with Gasteiger partial charge in [-0.3, -0.25) is 0 Å². The lowest BCUT2D eigenvalue weighted by Crippen LogP contribution is -2.29. The van der Waals surface area contributed by atoms with Gasteiger partial charge in [0.1, 0.15) is 0 Å². The second-order valence-corrected chi connectivity index (χ2v) is 13.2. The first kappa shape index (κ1) is 37.5. The lowest BCUT2D eigenvalue weighted by molar-refractivity contribution is 0.00559. The van der Waals surface area contributed by atoms with Gasteiger partial charge >= 0.3 is 23.9 Å². The third-order valence-corrected chi connectivity index (χ3v) is 7.24. The minimum absolute atomic E-state index is 0.0706. The van der Waals surface area contributed by atoms with Crippen molar-refractivity contribution in [1.82, 2.24) is 0 Å². The molecule has 0 heterocycles. The molecule has 0 bridgehead atoms. The minimum Gasteiger partial charge on any atom is -0.462 e. The van der Waals surface area contributed by atoms with Gasteiger partial charge in [-0.05, 0) is 48.9 Å². The maximum absolute atomic E-state index is 13.0. The average Bonchev–Trinajstić information content (AvgIpc) is 3.01. The Bertz CT molecular complexity index is 1140. The summed E-state index contributed by atoms with van der Waals surface area (Å²) in [4.78, 5) is 51.3. The smallest absolute Gasteiger partial charge is 0.339 e. The maximum atomic E-state index is 13.0. The molecule has 0 aliphatic carbocycles. The highest BCUT2D eigenvalue weighted by molar-refractivity contribution is 6.03. The number of ether oxygens (including phenoxy) is 4. The third-order valence-electron chi connectivity index (χ3n) is 7.24. The van der Waals surface area contributed by atoms with Crippen molar-refractivity contribution in [3.05, 3.63) is 70.8 Å². The predicted octanol–water partition coefficient (Wildman–Crippen LogP) is 8.47. The average molecular weight is 625 g/mol. The lowest BCUT2D eigenvalue weighted by atomic mass is 9.96. The molecule has 45 heavy (non-hydrogen) atoms. The molecule has 8 nitrogen and oxygen atoms in total. The van der Waals surface area contributed by atoms with Gasteiger partial charge in [-0.25, -0.2) is 19.2 Å². The van der Waals surface area contributed by atoms with Gasteiger partial charge in [-0.15, -0.1) is 0 Å². The predicted molar refractivity (Wildman–Crippen MR) is 174 cm³/mol. The molecule has 8 heteroatoms. The molecule has 2 rings (SSSR count).